The Hall–Kier alpha value is -2.13. The van der Waals surface area contributed by atoms with Crippen molar-refractivity contribution in [3.8, 4) is 0 Å². The Morgan fingerprint density at radius 3 is 2.27 bits per heavy atom. The lowest BCUT2D eigenvalue weighted by Crippen LogP contribution is -2.07. The van der Waals surface area contributed by atoms with E-state index < -0.39 is 9.84 Å². The molecule has 0 radical (unpaired) electrons. The van der Waals surface area contributed by atoms with Crippen LogP contribution in [0.4, 0.5) is 0 Å². The lowest BCUT2D eigenvalue weighted by Gasteiger charge is -2.04. The largest absolute Gasteiger partial charge is 0.223 e. The molecule has 22 heavy (non-hydrogen) atoms. The Morgan fingerprint density at radius 2 is 1.64 bits per heavy atom. The third kappa shape index (κ3) is 4.71. The number of benzene rings is 2. The SMILES string of the molecule is C/C(=C\C=C\c1ccc(C)cc1)CS(=O)(=O)c1ccccc1. The highest BCUT2D eigenvalue weighted by atomic mass is 32.2. The van der Waals surface area contributed by atoms with E-state index in [4.69, 9.17) is 0 Å². The summed E-state index contributed by atoms with van der Waals surface area (Å²) in [5.41, 5.74) is 3.13. The molecule has 0 amide bonds. The van der Waals surface area contributed by atoms with Crippen molar-refractivity contribution in [1.82, 2.24) is 0 Å². The van der Waals surface area contributed by atoms with Gasteiger partial charge in [-0.1, -0.05) is 71.8 Å². The van der Waals surface area contributed by atoms with Gasteiger partial charge in [-0.25, -0.2) is 8.42 Å². The summed E-state index contributed by atoms with van der Waals surface area (Å²) in [6.45, 7) is 3.88. The fraction of sp³-hybridized carbons (Fsp3) is 0.158. The second kappa shape index (κ2) is 7.23. The van der Waals surface area contributed by atoms with E-state index in [0.29, 0.717) is 4.90 Å². The van der Waals surface area contributed by atoms with Gasteiger partial charge in [-0.05, 0) is 31.5 Å². The van der Waals surface area contributed by atoms with Crippen LogP contribution < -0.4 is 0 Å². The molecule has 0 bridgehead atoms. The zero-order chi connectivity index (χ0) is 16.0. The average Bonchev–Trinajstić information content (AvgIpc) is 2.50. The molecule has 0 spiro atoms. The highest BCUT2D eigenvalue weighted by Crippen LogP contribution is 2.13. The lowest BCUT2D eigenvalue weighted by molar-refractivity contribution is 0.598. The number of hydrogen-bond acceptors (Lipinski definition) is 2. The highest BCUT2D eigenvalue weighted by Gasteiger charge is 2.13. The van der Waals surface area contributed by atoms with Crippen molar-refractivity contribution < 1.29 is 8.42 Å². The summed E-state index contributed by atoms with van der Waals surface area (Å²) in [7, 11) is -3.26. The minimum absolute atomic E-state index is 0.0370. The Labute approximate surface area is 132 Å². The quantitative estimate of drug-likeness (QED) is 0.765. The maximum atomic E-state index is 12.2. The Bertz CT molecular complexity index is 768. The van der Waals surface area contributed by atoms with E-state index in [0.717, 1.165) is 11.1 Å². The summed E-state index contributed by atoms with van der Waals surface area (Å²) in [5.74, 6) is 0.0370. The van der Waals surface area contributed by atoms with Crippen molar-refractivity contribution >= 4 is 15.9 Å². The minimum atomic E-state index is -3.26. The second-order valence-corrected chi connectivity index (χ2v) is 7.34. The van der Waals surface area contributed by atoms with Crippen LogP contribution in [-0.2, 0) is 9.84 Å². The highest BCUT2D eigenvalue weighted by molar-refractivity contribution is 7.91. The lowest BCUT2D eigenvalue weighted by atomic mass is 10.1. The van der Waals surface area contributed by atoms with Gasteiger partial charge in [0, 0.05) is 0 Å². The van der Waals surface area contributed by atoms with Gasteiger partial charge in [0.15, 0.2) is 9.84 Å². The molecule has 3 heteroatoms. The molecule has 0 aliphatic heterocycles. The Morgan fingerprint density at radius 1 is 1.00 bits per heavy atom. The van der Waals surface area contributed by atoms with Crippen molar-refractivity contribution in [3.63, 3.8) is 0 Å². The van der Waals surface area contributed by atoms with E-state index in [1.807, 2.05) is 50.3 Å². The third-order valence-electron chi connectivity index (χ3n) is 3.27. The molecule has 2 aromatic rings. The molecule has 0 N–H and O–H groups in total. The molecule has 2 rings (SSSR count). The van der Waals surface area contributed by atoms with E-state index in [2.05, 4.69) is 12.1 Å². The first kappa shape index (κ1) is 16.2. The summed E-state index contributed by atoms with van der Waals surface area (Å²) in [4.78, 5) is 0.366. The summed E-state index contributed by atoms with van der Waals surface area (Å²) < 4.78 is 24.5. The standard InChI is InChI=1S/C19H20O2S/c1-16-11-13-18(14-12-16)8-6-7-17(2)15-22(20,21)19-9-4-3-5-10-19/h3-14H,15H2,1-2H3/b8-6+,17-7+. The van der Waals surface area contributed by atoms with Crippen LogP contribution in [0, 0.1) is 6.92 Å². The van der Waals surface area contributed by atoms with Gasteiger partial charge in [-0.3, -0.25) is 0 Å². The van der Waals surface area contributed by atoms with E-state index in [9.17, 15) is 8.42 Å². The van der Waals surface area contributed by atoms with Gasteiger partial charge in [0.05, 0.1) is 10.6 Å². The van der Waals surface area contributed by atoms with Gasteiger partial charge < -0.3 is 0 Å². The molecule has 0 aliphatic rings. The normalized spacial score (nSPS) is 12.7. The van der Waals surface area contributed by atoms with Crippen LogP contribution in [0.25, 0.3) is 6.08 Å². The van der Waals surface area contributed by atoms with Crippen molar-refractivity contribution in [2.24, 2.45) is 0 Å². The van der Waals surface area contributed by atoms with Crippen LogP contribution in [0.3, 0.4) is 0 Å². The summed E-state index contributed by atoms with van der Waals surface area (Å²) in [5, 5.41) is 0. The van der Waals surface area contributed by atoms with Gasteiger partial charge in [0.25, 0.3) is 0 Å². The number of allylic oxidation sites excluding steroid dienone is 2. The molecular formula is C19H20O2S. The number of hydrogen-bond donors (Lipinski definition) is 0. The van der Waals surface area contributed by atoms with Crippen molar-refractivity contribution in [3.05, 3.63) is 83.4 Å². The molecule has 114 valence electrons. The first-order chi connectivity index (χ1) is 10.5. The minimum Gasteiger partial charge on any atom is -0.223 e. The molecule has 0 unspecified atom stereocenters. The van der Waals surface area contributed by atoms with Crippen LogP contribution in [0.2, 0.25) is 0 Å². The third-order valence-corrected chi connectivity index (χ3v) is 5.09. The molecule has 0 aromatic heterocycles. The van der Waals surface area contributed by atoms with E-state index in [1.165, 1.54) is 5.56 Å². The molecule has 2 aromatic carbocycles. The van der Waals surface area contributed by atoms with Gasteiger partial charge in [-0.2, -0.15) is 0 Å². The fourth-order valence-electron chi connectivity index (χ4n) is 2.06. The van der Waals surface area contributed by atoms with E-state index in [1.54, 1.807) is 24.3 Å². The average molecular weight is 312 g/mol. The Balaban J connectivity index is 2.05. The number of sulfone groups is 1. The number of aryl methyl sites for hydroxylation is 1. The topological polar surface area (TPSA) is 34.1 Å². The molecule has 2 nitrogen and oxygen atoms in total. The molecule has 0 saturated heterocycles. The zero-order valence-electron chi connectivity index (χ0n) is 12.9. The molecular weight excluding hydrogens is 292 g/mol. The van der Waals surface area contributed by atoms with E-state index in [-0.39, 0.29) is 5.75 Å². The van der Waals surface area contributed by atoms with Crippen LogP contribution in [0.15, 0.2) is 77.2 Å². The smallest absolute Gasteiger partial charge is 0.182 e. The summed E-state index contributed by atoms with van der Waals surface area (Å²) >= 11 is 0. The van der Waals surface area contributed by atoms with Gasteiger partial charge in [-0.15, -0.1) is 0 Å². The van der Waals surface area contributed by atoms with Crippen molar-refractivity contribution in [2.45, 2.75) is 18.7 Å². The molecule has 0 fully saturated rings. The van der Waals surface area contributed by atoms with Gasteiger partial charge in [0.1, 0.15) is 0 Å². The molecule has 0 atom stereocenters. The molecule has 0 aliphatic carbocycles. The Kier molecular flexibility index (Phi) is 5.34. The van der Waals surface area contributed by atoms with Crippen LogP contribution in [0.1, 0.15) is 18.1 Å². The molecule has 0 heterocycles. The van der Waals surface area contributed by atoms with Crippen molar-refractivity contribution in [1.29, 1.82) is 0 Å². The van der Waals surface area contributed by atoms with Crippen molar-refractivity contribution in [2.75, 3.05) is 5.75 Å². The van der Waals surface area contributed by atoms with Gasteiger partial charge in [0.2, 0.25) is 0 Å². The predicted molar refractivity (Wildman–Crippen MR) is 92.5 cm³/mol. The number of rotatable bonds is 5. The monoisotopic (exact) mass is 312 g/mol. The first-order valence-electron chi connectivity index (χ1n) is 7.16. The fourth-order valence-corrected chi connectivity index (χ4v) is 3.49. The van der Waals surface area contributed by atoms with E-state index >= 15 is 0 Å². The van der Waals surface area contributed by atoms with Crippen LogP contribution in [-0.4, -0.2) is 14.2 Å². The summed E-state index contributed by atoms with van der Waals surface area (Å²) in [6.07, 6.45) is 5.71. The maximum Gasteiger partial charge on any atom is 0.182 e. The maximum absolute atomic E-state index is 12.2. The molecule has 0 saturated carbocycles. The zero-order valence-corrected chi connectivity index (χ0v) is 13.7. The first-order valence-corrected chi connectivity index (χ1v) is 8.81. The second-order valence-electron chi connectivity index (χ2n) is 5.35. The van der Waals surface area contributed by atoms with Gasteiger partial charge >= 0.3 is 0 Å². The van der Waals surface area contributed by atoms with Crippen LogP contribution in [0.5, 0.6) is 0 Å². The summed E-state index contributed by atoms with van der Waals surface area (Å²) in [6, 6.07) is 16.7. The van der Waals surface area contributed by atoms with Crippen LogP contribution >= 0.6 is 0 Å². The predicted octanol–water partition coefficient (Wildman–Crippen LogP) is 4.43.